The number of thioether (sulfide) groups is 1. The van der Waals surface area contributed by atoms with Gasteiger partial charge in [0.2, 0.25) is 11.8 Å². The molecule has 2 aromatic carbocycles. The quantitative estimate of drug-likeness (QED) is 0.436. The lowest BCUT2D eigenvalue weighted by molar-refractivity contribution is -0.125. The number of hydrogen-bond acceptors (Lipinski definition) is 8. The van der Waals surface area contributed by atoms with Crippen molar-refractivity contribution >= 4 is 46.2 Å². The second-order valence-electron chi connectivity index (χ2n) is 8.35. The van der Waals surface area contributed by atoms with Gasteiger partial charge >= 0.3 is 0 Å². The van der Waals surface area contributed by atoms with Gasteiger partial charge in [-0.15, -0.1) is 0 Å². The number of carbonyl (C=O) groups excluding carboxylic acids is 3. The minimum atomic E-state index is -0.700. The fourth-order valence-corrected chi connectivity index (χ4v) is 4.69. The molecule has 11 heteroatoms. The van der Waals surface area contributed by atoms with E-state index >= 15 is 0 Å². The summed E-state index contributed by atoms with van der Waals surface area (Å²) in [5.41, 5.74) is 2.38. The first-order chi connectivity index (χ1) is 18.0. The van der Waals surface area contributed by atoms with E-state index in [0.29, 0.717) is 36.4 Å². The summed E-state index contributed by atoms with van der Waals surface area (Å²) in [6, 6.07) is 14.2. The van der Waals surface area contributed by atoms with Crippen LogP contribution in [0.5, 0.6) is 5.75 Å². The van der Waals surface area contributed by atoms with Gasteiger partial charge in [0.15, 0.2) is 5.17 Å². The van der Waals surface area contributed by atoms with Crippen molar-refractivity contribution in [3.8, 4) is 5.75 Å². The largest absolute Gasteiger partial charge is 0.497 e. The third-order valence-electron chi connectivity index (χ3n) is 5.80. The fraction of sp³-hybridized carbons (Fsp3) is 0.346. The second kappa shape index (κ2) is 12.5. The number of amidine groups is 2. The molecule has 0 bridgehead atoms. The van der Waals surface area contributed by atoms with E-state index in [2.05, 4.69) is 20.6 Å². The van der Waals surface area contributed by atoms with E-state index in [9.17, 15) is 14.4 Å². The Bertz CT molecular complexity index is 1210. The lowest BCUT2D eigenvalue weighted by Gasteiger charge is -2.25. The molecule has 0 saturated heterocycles. The van der Waals surface area contributed by atoms with Crippen LogP contribution < -0.4 is 15.4 Å². The maximum atomic E-state index is 13.3. The van der Waals surface area contributed by atoms with E-state index in [1.807, 2.05) is 48.5 Å². The number of hydrogen-bond donors (Lipinski definition) is 2. The minimum Gasteiger partial charge on any atom is -0.497 e. The van der Waals surface area contributed by atoms with Gasteiger partial charge in [0, 0.05) is 32.2 Å². The van der Waals surface area contributed by atoms with E-state index in [4.69, 9.17) is 9.47 Å². The van der Waals surface area contributed by atoms with Gasteiger partial charge in [-0.3, -0.25) is 19.4 Å². The SMILES string of the molecule is COCCNC(=O)CSC1=Nc2ccccc2C2=N[C@@H](CCC(=O)NCc3ccc(OC)cc3)C(=O)N12. The first-order valence-electron chi connectivity index (χ1n) is 11.9. The summed E-state index contributed by atoms with van der Waals surface area (Å²) in [4.78, 5) is 48.7. The molecule has 2 N–H and O–H groups in total. The molecule has 0 aromatic heterocycles. The van der Waals surface area contributed by atoms with Crippen molar-refractivity contribution in [1.29, 1.82) is 0 Å². The zero-order chi connectivity index (χ0) is 26.2. The number of benzene rings is 2. The molecule has 2 heterocycles. The smallest absolute Gasteiger partial charge is 0.259 e. The number of amides is 3. The lowest BCUT2D eigenvalue weighted by atomic mass is 10.1. The van der Waals surface area contributed by atoms with E-state index in [-0.39, 0.29) is 36.3 Å². The van der Waals surface area contributed by atoms with Crippen molar-refractivity contribution in [1.82, 2.24) is 15.5 Å². The Morgan fingerprint density at radius 3 is 2.59 bits per heavy atom. The normalized spacial score (nSPS) is 15.9. The number of ether oxygens (including phenoxy) is 2. The third-order valence-corrected chi connectivity index (χ3v) is 6.74. The second-order valence-corrected chi connectivity index (χ2v) is 9.29. The zero-order valence-electron chi connectivity index (χ0n) is 20.7. The lowest BCUT2D eigenvalue weighted by Crippen LogP contribution is -2.42. The standard InChI is InChI=1S/C26H29N5O5S/c1-35-14-13-27-23(33)16-37-26-30-20-6-4-3-5-19(20)24-29-21(25(34)31(24)26)11-12-22(32)28-15-17-7-9-18(36-2)10-8-17/h3-10,21H,11-16H2,1-2H3,(H,27,33)(H,28,32)/t21-/m0/s1. The van der Waals surface area contributed by atoms with Crippen molar-refractivity contribution < 1.29 is 23.9 Å². The Morgan fingerprint density at radius 1 is 1.05 bits per heavy atom. The van der Waals surface area contributed by atoms with E-state index in [0.717, 1.165) is 16.9 Å². The summed E-state index contributed by atoms with van der Waals surface area (Å²) in [7, 11) is 3.17. The van der Waals surface area contributed by atoms with Crippen LogP contribution in [0, 0.1) is 0 Å². The number of nitrogens with zero attached hydrogens (tertiary/aromatic N) is 3. The molecule has 0 unspecified atom stereocenters. The van der Waals surface area contributed by atoms with Crippen LogP contribution in [0.2, 0.25) is 0 Å². The summed E-state index contributed by atoms with van der Waals surface area (Å²) < 4.78 is 10.1. The highest BCUT2D eigenvalue weighted by atomic mass is 32.2. The molecule has 0 saturated carbocycles. The average Bonchev–Trinajstić information content (AvgIpc) is 3.26. The number of nitrogens with one attached hydrogen (secondary N) is 2. The predicted octanol–water partition coefficient (Wildman–Crippen LogP) is 2.25. The minimum absolute atomic E-state index is 0.0974. The van der Waals surface area contributed by atoms with Crippen LogP contribution in [0.25, 0.3) is 0 Å². The van der Waals surface area contributed by atoms with E-state index in [1.165, 1.54) is 16.7 Å². The highest BCUT2D eigenvalue weighted by Gasteiger charge is 2.41. The summed E-state index contributed by atoms with van der Waals surface area (Å²) in [6.45, 7) is 1.21. The fourth-order valence-electron chi connectivity index (χ4n) is 3.86. The van der Waals surface area contributed by atoms with Crippen molar-refractivity contribution in [2.45, 2.75) is 25.4 Å². The van der Waals surface area contributed by atoms with Gasteiger partial charge in [0.1, 0.15) is 17.6 Å². The first kappa shape index (κ1) is 26.4. The van der Waals surface area contributed by atoms with Gasteiger partial charge in [-0.05, 0) is 36.2 Å². The number of fused-ring (bicyclic) bond motifs is 3. The maximum absolute atomic E-state index is 13.3. The zero-order valence-corrected chi connectivity index (χ0v) is 21.5. The number of methoxy groups -OCH3 is 2. The molecular weight excluding hydrogens is 494 g/mol. The Kier molecular flexibility index (Phi) is 8.91. The van der Waals surface area contributed by atoms with Crippen LogP contribution in [0.3, 0.4) is 0 Å². The van der Waals surface area contributed by atoms with Crippen molar-refractivity contribution in [3.05, 3.63) is 59.7 Å². The van der Waals surface area contributed by atoms with E-state index < -0.39 is 6.04 Å². The van der Waals surface area contributed by atoms with Gasteiger partial charge < -0.3 is 20.1 Å². The van der Waals surface area contributed by atoms with E-state index in [1.54, 1.807) is 14.2 Å². The van der Waals surface area contributed by atoms with Crippen molar-refractivity contribution in [2.75, 3.05) is 33.1 Å². The summed E-state index contributed by atoms with van der Waals surface area (Å²) in [5.74, 6) is 0.754. The van der Waals surface area contributed by atoms with Gasteiger partial charge in [-0.25, -0.2) is 9.89 Å². The molecule has 2 aliphatic heterocycles. The van der Waals surface area contributed by atoms with Crippen LogP contribution in [-0.2, 0) is 25.7 Å². The molecule has 37 heavy (non-hydrogen) atoms. The Morgan fingerprint density at radius 2 is 1.84 bits per heavy atom. The van der Waals surface area contributed by atoms with Crippen LogP contribution in [0.15, 0.2) is 58.5 Å². The summed E-state index contributed by atoms with van der Waals surface area (Å²) in [6.07, 6.45) is 0.422. The molecule has 3 amide bonds. The first-order valence-corrected chi connectivity index (χ1v) is 12.9. The number of carbonyl (C=O) groups is 3. The molecule has 4 rings (SSSR count). The molecular formula is C26H29N5O5S. The van der Waals surface area contributed by atoms with Crippen molar-refractivity contribution in [2.24, 2.45) is 9.98 Å². The van der Waals surface area contributed by atoms with Crippen LogP contribution in [0.1, 0.15) is 24.0 Å². The van der Waals surface area contributed by atoms with Gasteiger partial charge in [0.25, 0.3) is 5.91 Å². The van der Waals surface area contributed by atoms with Crippen LogP contribution >= 0.6 is 11.8 Å². The Balaban J connectivity index is 1.38. The third kappa shape index (κ3) is 6.55. The maximum Gasteiger partial charge on any atom is 0.259 e. The molecule has 0 radical (unpaired) electrons. The molecule has 2 aromatic rings. The Labute approximate surface area is 219 Å². The number of aliphatic imine (C=N–C) groups is 2. The Hall–Kier alpha value is -3.70. The molecule has 0 spiro atoms. The van der Waals surface area contributed by atoms with Gasteiger partial charge in [0.05, 0.1) is 25.2 Å². The van der Waals surface area contributed by atoms with Crippen molar-refractivity contribution in [3.63, 3.8) is 0 Å². The molecule has 1 atom stereocenters. The predicted molar refractivity (Wildman–Crippen MR) is 142 cm³/mol. The summed E-state index contributed by atoms with van der Waals surface area (Å²) >= 11 is 1.18. The highest BCUT2D eigenvalue weighted by Crippen LogP contribution is 2.34. The monoisotopic (exact) mass is 523 g/mol. The molecule has 194 valence electrons. The van der Waals surface area contributed by atoms with Gasteiger partial charge in [-0.2, -0.15) is 0 Å². The number of para-hydroxylation sites is 1. The molecule has 0 aliphatic carbocycles. The molecule has 10 nitrogen and oxygen atoms in total. The number of rotatable bonds is 11. The summed E-state index contributed by atoms with van der Waals surface area (Å²) in [5, 5.41) is 6.04. The topological polar surface area (TPSA) is 122 Å². The van der Waals surface area contributed by atoms with Crippen LogP contribution in [-0.4, -0.2) is 72.8 Å². The average molecular weight is 524 g/mol. The highest BCUT2D eigenvalue weighted by molar-refractivity contribution is 8.14. The van der Waals surface area contributed by atoms with Gasteiger partial charge in [-0.1, -0.05) is 36.0 Å². The molecule has 0 fully saturated rings. The molecule has 2 aliphatic rings. The van der Waals surface area contributed by atoms with Crippen LogP contribution in [0.4, 0.5) is 5.69 Å².